The Balaban J connectivity index is 1.64. The van der Waals surface area contributed by atoms with Crippen LogP contribution in [-0.2, 0) is 16.0 Å². The maximum absolute atomic E-state index is 12.8. The molecule has 3 rings (SSSR count). The predicted octanol–water partition coefficient (Wildman–Crippen LogP) is 2.20. The van der Waals surface area contributed by atoms with Crippen molar-refractivity contribution < 1.29 is 14.3 Å². The van der Waals surface area contributed by atoms with Crippen LogP contribution in [0.2, 0.25) is 0 Å². The average Bonchev–Trinajstić information content (AvgIpc) is 2.96. The van der Waals surface area contributed by atoms with Gasteiger partial charge in [-0.15, -0.1) is 6.58 Å². The Labute approximate surface area is 167 Å². The van der Waals surface area contributed by atoms with Gasteiger partial charge >= 0.3 is 0 Å². The number of carbonyl (C=O) groups is 2. The average molecular weight is 386 g/mol. The summed E-state index contributed by atoms with van der Waals surface area (Å²) in [5, 5.41) is 3.59. The summed E-state index contributed by atoms with van der Waals surface area (Å²) in [4.78, 5) is 29.4. The highest BCUT2D eigenvalue weighted by molar-refractivity contribution is 5.86. The van der Waals surface area contributed by atoms with Crippen LogP contribution in [0.1, 0.15) is 32.3 Å². The number of amides is 2. The molecule has 1 aromatic rings. The summed E-state index contributed by atoms with van der Waals surface area (Å²) in [6.45, 7) is 9.77. The third-order valence-electron chi connectivity index (χ3n) is 5.91. The van der Waals surface area contributed by atoms with Gasteiger partial charge in [-0.05, 0) is 23.6 Å². The smallest absolute Gasteiger partial charge is 0.241 e. The summed E-state index contributed by atoms with van der Waals surface area (Å²) in [6, 6.07) is 7.44. The minimum absolute atomic E-state index is 0.125. The number of ether oxygens (including phenoxy) is 1. The Bertz CT molecular complexity index is 721. The first-order valence-corrected chi connectivity index (χ1v) is 10.0. The van der Waals surface area contributed by atoms with Gasteiger partial charge in [-0.25, -0.2) is 0 Å². The van der Waals surface area contributed by atoms with E-state index in [1.807, 2.05) is 34.1 Å². The van der Waals surface area contributed by atoms with Crippen LogP contribution in [0.25, 0.3) is 0 Å². The first-order chi connectivity index (χ1) is 13.4. The van der Waals surface area contributed by atoms with Crippen molar-refractivity contribution in [3.8, 4) is 5.75 Å². The number of benzene rings is 1. The van der Waals surface area contributed by atoms with Gasteiger partial charge in [-0.1, -0.05) is 32.1 Å². The van der Waals surface area contributed by atoms with E-state index in [1.54, 1.807) is 13.2 Å². The van der Waals surface area contributed by atoms with Crippen LogP contribution in [0.4, 0.5) is 0 Å². The monoisotopic (exact) mass is 385 g/mol. The lowest BCUT2D eigenvalue weighted by molar-refractivity contribution is -0.136. The van der Waals surface area contributed by atoms with E-state index in [1.165, 1.54) is 0 Å². The summed E-state index contributed by atoms with van der Waals surface area (Å²) >= 11 is 0. The molecule has 0 bridgehead atoms. The number of rotatable bonds is 6. The number of nitrogens with one attached hydrogen (secondary N) is 1. The van der Waals surface area contributed by atoms with Gasteiger partial charge in [0, 0.05) is 32.5 Å². The highest BCUT2D eigenvalue weighted by atomic mass is 16.5. The van der Waals surface area contributed by atoms with Gasteiger partial charge in [0.05, 0.1) is 25.2 Å². The minimum atomic E-state index is -0.364. The highest BCUT2D eigenvalue weighted by Crippen LogP contribution is 2.34. The normalized spacial score (nSPS) is 21.4. The van der Waals surface area contributed by atoms with Crippen molar-refractivity contribution in [1.82, 2.24) is 15.1 Å². The van der Waals surface area contributed by atoms with E-state index in [-0.39, 0.29) is 29.4 Å². The Morgan fingerprint density at radius 2 is 1.96 bits per heavy atom. The maximum atomic E-state index is 12.8. The minimum Gasteiger partial charge on any atom is -0.497 e. The molecule has 6 heteroatoms. The van der Waals surface area contributed by atoms with Crippen LogP contribution in [-0.4, -0.2) is 60.1 Å². The number of nitrogens with zero attached hydrogens (tertiary/aromatic N) is 2. The Kier molecular flexibility index (Phi) is 6.08. The summed E-state index contributed by atoms with van der Waals surface area (Å²) in [6.07, 6.45) is 3.65. The third kappa shape index (κ3) is 3.92. The number of hydrogen-bond donors (Lipinski definition) is 1. The quantitative estimate of drug-likeness (QED) is 0.763. The van der Waals surface area contributed by atoms with Crippen molar-refractivity contribution in [3.05, 3.63) is 42.5 Å². The fraction of sp³-hybridized carbons (Fsp3) is 0.545. The van der Waals surface area contributed by atoms with Gasteiger partial charge < -0.3 is 14.5 Å². The largest absolute Gasteiger partial charge is 0.497 e. The molecule has 1 atom stereocenters. The SMILES string of the molecule is C=CCN1C(=O)C(C(C)C)NC12CCN(C(=O)Cc1ccc(OC)cc1)CC2. The molecule has 0 aliphatic carbocycles. The first kappa shape index (κ1) is 20.4. The summed E-state index contributed by atoms with van der Waals surface area (Å²) in [5.74, 6) is 1.29. The molecule has 28 heavy (non-hydrogen) atoms. The number of methoxy groups -OCH3 is 1. The summed E-state index contributed by atoms with van der Waals surface area (Å²) in [5.41, 5.74) is 0.616. The summed E-state index contributed by atoms with van der Waals surface area (Å²) in [7, 11) is 1.63. The van der Waals surface area contributed by atoms with Gasteiger partial charge in [0.15, 0.2) is 0 Å². The van der Waals surface area contributed by atoms with Crippen molar-refractivity contribution in [2.24, 2.45) is 5.92 Å². The molecular weight excluding hydrogens is 354 g/mol. The Morgan fingerprint density at radius 3 is 2.50 bits per heavy atom. The fourth-order valence-electron chi connectivity index (χ4n) is 4.22. The molecule has 1 N–H and O–H groups in total. The van der Waals surface area contributed by atoms with E-state index in [9.17, 15) is 9.59 Å². The zero-order valence-electron chi connectivity index (χ0n) is 17.1. The number of hydrogen-bond acceptors (Lipinski definition) is 4. The van der Waals surface area contributed by atoms with E-state index in [0.29, 0.717) is 26.1 Å². The van der Waals surface area contributed by atoms with Crippen LogP contribution < -0.4 is 10.1 Å². The molecule has 2 fully saturated rings. The molecule has 0 radical (unpaired) electrons. The van der Waals surface area contributed by atoms with E-state index in [2.05, 4.69) is 25.7 Å². The van der Waals surface area contributed by atoms with E-state index < -0.39 is 0 Å². The Morgan fingerprint density at radius 1 is 1.32 bits per heavy atom. The fourth-order valence-corrected chi connectivity index (χ4v) is 4.22. The van der Waals surface area contributed by atoms with Crippen molar-refractivity contribution in [2.45, 2.75) is 44.8 Å². The number of carbonyl (C=O) groups excluding carboxylic acids is 2. The van der Waals surface area contributed by atoms with Gasteiger partial charge in [0.2, 0.25) is 11.8 Å². The Hall–Kier alpha value is -2.34. The predicted molar refractivity (Wildman–Crippen MR) is 109 cm³/mol. The van der Waals surface area contributed by atoms with Crippen molar-refractivity contribution in [3.63, 3.8) is 0 Å². The zero-order chi connectivity index (χ0) is 20.3. The number of likely N-dealkylation sites (tertiary alicyclic amines) is 1. The molecular formula is C22H31N3O3. The second kappa shape index (κ2) is 8.35. The highest BCUT2D eigenvalue weighted by Gasteiger charge is 2.51. The van der Waals surface area contributed by atoms with E-state index in [4.69, 9.17) is 4.74 Å². The lowest BCUT2D eigenvalue weighted by Gasteiger charge is -2.44. The van der Waals surface area contributed by atoms with E-state index in [0.717, 1.165) is 24.2 Å². The van der Waals surface area contributed by atoms with Crippen molar-refractivity contribution in [2.75, 3.05) is 26.7 Å². The molecule has 2 saturated heterocycles. The van der Waals surface area contributed by atoms with Crippen LogP contribution in [0.5, 0.6) is 5.75 Å². The van der Waals surface area contributed by atoms with Crippen LogP contribution in [0.3, 0.4) is 0 Å². The lowest BCUT2D eigenvalue weighted by Crippen LogP contribution is -2.59. The maximum Gasteiger partial charge on any atom is 0.241 e. The first-order valence-electron chi connectivity index (χ1n) is 10.0. The van der Waals surface area contributed by atoms with Gasteiger partial charge in [-0.2, -0.15) is 0 Å². The molecule has 1 spiro atoms. The topological polar surface area (TPSA) is 61.9 Å². The molecule has 1 unspecified atom stereocenters. The van der Waals surface area contributed by atoms with Gasteiger partial charge in [-0.3, -0.25) is 14.9 Å². The molecule has 2 aliphatic heterocycles. The molecule has 2 amide bonds. The van der Waals surface area contributed by atoms with Crippen molar-refractivity contribution >= 4 is 11.8 Å². The van der Waals surface area contributed by atoms with Crippen LogP contribution in [0.15, 0.2) is 36.9 Å². The molecule has 0 aromatic heterocycles. The third-order valence-corrected chi connectivity index (χ3v) is 5.91. The van der Waals surface area contributed by atoms with Gasteiger partial charge in [0.1, 0.15) is 5.75 Å². The molecule has 0 saturated carbocycles. The second-order valence-electron chi connectivity index (χ2n) is 8.04. The lowest BCUT2D eigenvalue weighted by atomic mass is 9.95. The number of piperidine rings is 1. The second-order valence-corrected chi connectivity index (χ2v) is 8.04. The van der Waals surface area contributed by atoms with Crippen molar-refractivity contribution in [1.29, 1.82) is 0 Å². The zero-order valence-corrected chi connectivity index (χ0v) is 17.1. The molecule has 2 aliphatic rings. The summed E-state index contributed by atoms with van der Waals surface area (Å²) < 4.78 is 5.17. The standard InChI is InChI=1S/C22H31N3O3/c1-5-12-25-21(27)20(16(2)3)23-22(25)10-13-24(14-11-22)19(26)15-17-6-8-18(28-4)9-7-17/h5-9,16,20,23H,1,10-15H2,2-4H3. The molecule has 152 valence electrons. The molecule has 2 heterocycles. The molecule has 6 nitrogen and oxygen atoms in total. The molecule has 1 aromatic carbocycles. The van der Waals surface area contributed by atoms with Gasteiger partial charge in [0.25, 0.3) is 0 Å². The van der Waals surface area contributed by atoms with E-state index >= 15 is 0 Å². The van der Waals surface area contributed by atoms with Crippen LogP contribution >= 0.6 is 0 Å². The van der Waals surface area contributed by atoms with Crippen LogP contribution in [0, 0.1) is 5.92 Å².